The van der Waals surface area contributed by atoms with Crippen molar-refractivity contribution in [2.75, 3.05) is 13.1 Å². The zero-order chi connectivity index (χ0) is 23.7. The second kappa shape index (κ2) is 10.1. The summed E-state index contributed by atoms with van der Waals surface area (Å²) in [5.74, 6) is 0.791. The predicted molar refractivity (Wildman–Crippen MR) is 139 cm³/mol. The fourth-order valence-corrected chi connectivity index (χ4v) is 6.38. The molecule has 2 atom stereocenters. The molecule has 0 unspecified atom stereocenters. The molecule has 3 heterocycles. The van der Waals surface area contributed by atoms with Gasteiger partial charge in [-0.2, -0.15) is 0 Å². The van der Waals surface area contributed by atoms with Gasteiger partial charge < -0.3 is 14.8 Å². The van der Waals surface area contributed by atoms with E-state index in [1.54, 1.807) is 11.3 Å². The molecule has 34 heavy (non-hydrogen) atoms. The molecule has 1 aromatic carbocycles. The number of rotatable bonds is 5. The topological polar surface area (TPSA) is 54.3 Å². The Morgan fingerprint density at radius 1 is 1.06 bits per heavy atom. The first-order chi connectivity index (χ1) is 16.5. The lowest BCUT2D eigenvalue weighted by molar-refractivity contribution is -0.127. The largest absolute Gasteiger partial charge is 0.353 e. The summed E-state index contributed by atoms with van der Waals surface area (Å²) in [4.78, 5) is 28.4. The Labute approximate surface area is 210 Å². The van der Waals surface area contributed by atoms with Crippen LogP contribution in [-0.2, 0) is 11.3 Å². The standard InChI is InChI=1S/C27H32ClN3O2S/c1-18-4-2-3-5-22(18)29-26(32)20-10-13-30(14-11-20)27(33)24-16-25-23(12-15-34-25)31(24)17-19-6-8-21(28)9-7-19/h6-9,12,15-16,18,20,22H,2-5,10-11,13-14,17H2,1H3,(H,29,32)/t18-,22+/m1/s1. The molecule has 2 aromatic heterocycles. The second-order valence-electron chi connectivity index (χ2n) is 9.86. The minimum absolute atomic E-state index is 0.00234. The molecular formula is C27H32ClN3O2S. The first kappa shape index (κ1) is 23.4. The van der Waals surface area contributed by atoms with Crippen molar-refractivity contribution >= 4 is 45.0 Å². The summed E-state index contributed by atoms with van der Waals surface area (Å²) in [5.41, 5.74) is 2.91. The first-order valence-corrected chi connectivity index (χ1v) is 13.7. The van der Waals surface area contributed by atoms with Gasteiger partial charge in [0.2, 0.25) is 5.91 Å². The summed E-state index contributed by atoms with van der Waals surface area (Å²) in [6.07, 6.45) is 6.22. The number of fused-ring (bicyclic) bond motifs is 1. The molecule has 2 fully saturated rings. The van der Waals surface area contributed by atoms with Crippen molar-refractivity contribution in [3.8, 4) is 0 Å². The Kier molecular flexibility index (Phi) is 6.98. The Morgan fingerprint density at radius 2 is 1.79 bits per heavy atom. The number of nitrogens with zero attached hydrogens (tertiary/aromatic N) is 2. The highest BCUT2D eigenvalue weighted by Gasteiger charge is 2.31. The van der Waals surface area contributed by atoms with E-state index in [4.69, 9.17) is 11.6 Å². The normalized spacial score (nSPS) is 21.6. The van der Waals surface area contributed by atoms with Gasteiger partial charge in [0.05, 0.1) is 10.2 Å². The maximum absolute atomic E-state index is 13.6. The number of amides is 2. The molecule has 2 amide bonds. The van der Waals surface area contributed by atoms with Crippen LogP contribution in [0.4, 0.5) is 0 Å². The molecule has 5 rings (SSSR count). The van der Waals surface area contributed by atoms with Gasteiger partial charge in [-0.3, -0.25) is 9.59 Å². The Hall–Kier alpha value is -2.31. The third-order valence-electron chi connectivity index (χ3n) is 7.59. The molecule has 5 nitrogen and oxygen atoms in total. The van der Waals surface area contributed by atoms with E-state index in [0.717, 1.165) is 40.7 Å². The van der Waals surface area contributed by atoms with Crippen LogP contribution < -0.4 is 5.32 Å². The molecular weight excluding hydrogens is 466 g/mol. The monoisotopic (exact) mass is 497 g/mol. The van der Waals surface area contributed by atoms with Gasteiger partial charge in [-0.05, 0) is 66.8 Å². The SMILES string of the molecule is C[C@@H]1CCCC[C@@H]1NC(=O)C1CCN(C(=O)c2cc3sccc3n2Cc2ccc(Cl)cc2)CC1. The zero-order valence-electron chi connectivity index (χ0n) is 19.6. The minimum Gasteiger partial charge on any atom is -0.353 e. The van der Waals surface area contributed by atoms with E-state index < -0.39 is 0 Å². The maximum atomic E-state index is 13.6. The lowest BCUT2D eigenvalue weighted by atomic mass is 9.85. The van der Waals surface area contributed by atoms with Crippen LogP contribution in [0.25, 0.3) is 10.2 Å². The van der Waals surface area contributed by atoms with E-state index >= 15 is 0 Å². The zero-order valence-corrected chi connectivity index (χ0v) is 21.2. The molecule has 7 heteroatoms. The predicted octanol–water partition coefficient (Wildman–Crippen LogP) is 5.95. The molecule has 1 saturated carbocycles. The molecule has 1 saturated heterocycles. The number of carbonyl (C=O) groups is 2. The Balaban J connectivity index is 1.26. The van der Waals surface area contributed by atoms with Crippen LogP contribution in [0, 0.1) is 11.8 Å². The smallest absolute Gasteiger partial charge is 0.270 e. The van der Waals surface area contributed by atoms with E-state index in [-0.39, 0.29) is 17.7 Å². The quantitative estimate of drug-likeness (QED) is 0.473. The number of hydrogen-bond donors (Lipinski definition) is 1. The van der Waals surface area contributed by atoms with E-state index in [0.29, 0.717) is 36.6 Å². The van der Waals surface area contributed by atoms with Gasteiger partial charge in [0, 0.05) is 36.6 Å². The van der Waals surface area contributed by atoms with Crippen LogP contribution in [-0.4, -0.2) is 40.4 Å². The fraction of sp³-hybridized carbons (Fsp3) is 0.481. The van der Waals surface area contributed by atoms with E-state index in [9.17, 15) is 9.59 Å². The number of thiophene rings is 1. The van der Waals surface area contributed by atoms with Crippen LogP contribution in [0.3, 0.4) is 0 Å². The van der Waals surface area contributed by atoms with Crippen molar-refractivity contribution < 1.29 is 9.59 Å². The fourth-order valence-electron chi connectivity index (χ4n) is 5.44. The average Bonchev–Trinajstić information content (AvgIpc) is 3.44. The summed E-state index contributed by atoms with van der Waals surface area (Å²) in [5, 5.41) is 6.08. The highest BCUT2D eigenvalue weighted by Crippen LogP contribution is 2.29. The lowest BCUT2D eigenvalue weighted by Crippen LogP contribution is -2.47. The van der Waals surface area contributed by atoms with Crippen molar-refractivity contribution in [2.24, 2.45) is 11.8 Å². The van der Waals surface area contributed by atoms with Gasteiger partial charge >= 0.3 is 0 Å². The molecule has 0 spiro atoms. The summed E-state index contributed by atoms with van der Waals surface area (Å²) in [6, 6.07) is 12.2. The number of likely N-dealkylation sites (tertiary alicyclic amines) is 1. The number of hydrogen-bond acceptors (Lipinski definition) is 3. The van der Waals surface area contributed by atoms with Gasteiger partial charge in [-0.25, -0.2) is 0 Å². The van der Waals surface area contributed by atoms with Crippen molar-refractivity contribution in [1.29, 1.82) is 0 Å². The third-order valence-corrected chi connectivity index (χ3v) is 8.69. The van der Waals surface area contributed by atoms with Gasteiger partial charge in [-0.15, -0.1) is 11.3 Å². The van der Waals surface area contributed by atoms with E-state index in [1.165, 1.54) is 19.3 Å². The summed E-state index contributed by atoms with van der Waals surface area (Å²) in [7, 11) is 0. The summed E-state index contributed by atoms with van der Waals surface area (Å²) >= 11 is 7.71. The Morgan fingerprint density at radius 3 is 2.53 bits per heavy atom. The van der Waals surface area contributed by atoms with Crippen LogP contribution in [0.5, 0.6) is 0 Å². The number of carbonyl (C=O) groups excluding carboxylic acids is 2. The highest BCUT2D eigenvalue weighted by molar-refractivity contribution is 7.17. The van der Waals surface area contributed by atoms with Crippen molar-refractivity contribution in [2.45, 2.75) is 58.0 Å². The third kappa shape index (κ3) is 4.89. The van der Waals surface area contributed by atoms with Gasteiger partial charge in [0.15, 0.2) is 0 Å². The number of piperidine rings is 1. The highest BCUT2D eigenvalue weighted by atomic mass is 35.5. The van der Waals surface area contributed by atoms with E-state index in [1.807, 2.05) is 35.2 Å². The molecule has 1 N–H and O–H groups in total. The average molecular weight is 498 g/mol. The van der Waals surface area contributed by atoms with Crippen molar-refractivity contribution in [3.05, 3.63) is 58.1 Å². The molecule has 180 valence electrons. The maximum Gasteiger partial charge on any atom is 0.270 e. The van der Waals surface area contributed by atoms with Crippen molar-refractivity contribution in [1.82, 2.24) is 14.8 Å². The second-order valence-corrected chi connectivity index (χ2v) is 11.2. The van der Waals surface area contributed by atoms with Crippen LogP contribution in [0.1, 0.15) is 61.5 Å². The van der Waals surface area contributed by atoms with Gasteiger partial charge in [0.25, 0.3) is 5.91 Å². The molecule has 3 aromatic rings. The molecule has 1 aliphatic carbocycles. The lowest BCUT2D eigenvalue weighted by Gasteiger charge is -2.34. The van der Waals surface area contributed by atoms with Gasteiger partial charge in [-0.1, -0.05) is 43.5 Å². The number of halogens is 1. The molecule has 2 aliphatic rings. The number of aromatic nitrogens is 1. The Bertz CT molecular complexity index is 1160. The first-order valence-electron chi connectivity index (χ1n) is 12.4. The van der Waals surface area contributed by atoms with Crippen molar-refractivity contribution in [3.63, 3.8) is 0 Å². The van der Waals surface area contributed by atoms with Crippen LogP contribution >= 0.6 is 22.9 Å². The molecule has 0 bridgehead atoms. The van der Waals surface area contributed by atoms with E-state index in [2.05, 4.69) is 28.3 Å². The van der Waals surface area contributed by atoms with Gasteiger partial charge in [0.1, 0.15) is 5.69 Å². The number of benzene rings is 1. The van der Waals surface area contributed by atoms with Crippen LogP contribution in [0.15, 0.2) is 41.8 Å². The summed E-state index contributed by atoms with van der Waals surface area (Å²) in [6.45, 7) is 4.11. The molecule has 0 radical (unpaired) electrons. The van der Waals surface area contributed by atoms with Crippen LogP contribution in [0.2, 0.25) is 5.02 Å². The summed E-state index contributed by atoms with van der Waals surface area (Å²) < 4.78 is 3.23. The minimum atomic E-state index is 0.00234. The number of nitrogens with one attached hydrogen (secondary N) is 1. The molecule has 1 aliphatic heterocycles.